The van der Waals surface area contributed by atoms with Crippen molar-refractivity contribution in [1.29, 1.82) is 0 Å². The molecule has 0 unspecified atom stereocenters. The molecule has 9 heteroatoms. The molecule has 184 valence electrons. The predicted molar refractivity (Wildman–Crippen MR) is 133 cm³/mol. The molecule has 34 heavy (non-hydrogen) atoms. The monoisotopic (exact) mass is 486 g/mol. The SMILES string of the molecule is CCN(CC)CCCS(=O)(=O)N[C@H](CCc1ccccc1)c1nc(-c2ccc(OC)cc2)no1. The average Bonchev–Trinajstić information content (AvgIpc) is 3.35. The lowest BCUT2D eigenvalue weighted by molar-refractivity contribution is 0.304. The number of methoxy groups -OCH3 is 1. The first-order valence-electron chi connectivity index (χ1n) is 11.7. The Morgan fingerprint density at radius 3 is 2.41 bits per heavy atom. The van der Waals surface area contributed by atoms with E-state index in [9.17, 15) is 8.42 Å². The average molecular weight is 487 g/mol. The maximum Gasteiger partial charge on any atom is 0.245 e. The van der Waals surface area contributed by atoms with Crippen LogP contribution in [-0.2, 0) is 16.4 Å². The summed E-state index contributed by atoms with van der Waals surface area (Å²) in [6.07, 6.45) is 1.74. The minimum absolute atomic E-state index is 0.0464. The third kappa shape index (κ3) is 7.65. The molecule has 2 aromatic carbocycles. The lowest BCUT2D eigenvalue weighted by Crippen LogP contribution is -2.33. The molecule has 3 aromatic rings. The minimum atomic E-state index is -3.53. The van der Waals surface area contributed by atoms with E-state index in [1.165, 1.54) is 0 Å². The number of rotatable bonds is 14. The van der Waals surface area contributed by atoms with Gasteiger partial charge in [0.25, 0.3) is 0 Å². The molecule has 1 N–H and O–H groups in total. The van der Waals surface area contributed by atoms with Crippen LogP contribution in [0.2, 0.25) is 0 Å². The van der Waals surface area contributed by atoms with Crippen molar-refractivity contribution in [3.63, 3.8) is 0 Å². The van der Waals surface area contributed by atoms with E-state index in [2.05, 4.69) is 33.6 Å². The van der Waals surface area contributed by atoms with Gasteiger partial charge in [0.15, 0.2) is 0 Å². The van der Waals surface area contributed by atoms with Gasteiger partial charge in [-0.2, -0.15) is 4.98 Å². The number of aryl methyl sites for hydroxylation is 1. The number of nitrogens with zero attached hydrogens (tertiary/aromatic N) is 3. The molecular formula is C25H34N4O4S. The molecule has 0 spiro atoms. The van der Waals surface area contributed by atoms with Crippen LogP contribution >= 0.6 is 0 Å². The van der Waals surface area contributed by atoms with Crippen LogP contribution in [0.15, 0.2) is 59.1 Å². The van der Waals surface area contributed by atoms with Crippen LogP contribution in [-0.4, -0.2) is 56.0 Å². The number of ether oxygens (including phenoxy) is 1. The normalized spacial score (nSPS) is 12.7. The van der Waals surface area contributed by atoms with Crippen molar-refractivity contribution in [2.24, 2.45) is 0 Å². The number of hydrogen-bond acceptors (Lipinski definition) is 7. The van der Waals surface area contributed by atoms with E-state index < -0.39 is 16.1 Å². The van der Waals surface area contributed by atoms with E-state index in [0.29, 0.717) is 25.1 Å². The van der Waals surface area contributed by atoms with Gasteiger partial charge in [0.1, 0.15) is 11.8 Å². The first-order valence-corrected chi connectivity index (χ1v) is 13.3. The Bertz CT molecular complexity index is 1100. The Balaban J connectivity index is 1.74. The highest BCUT2D eigenvalue weighted by molar-refractivity contribution is 7.89. The Labute approximate surface area is 202 Å². The van der Waals surface area contributed by atoms with Gasteiger partial charge < -0.3 is 14.2 Å². The van der Waals surface area contributed by atoms with E-state index in [4.69, 9.17) is 9.26 Å². The van der Waals surface area contributed by atoms with Crippen molar-refractivity contribution in [2.45, 2.75) is 39.2 Å². The molecule has 3 rings (SSSR count). The molecule has 1 aromatic heterocycles. The van der Waals surface area contributed by atoms with Crippen molar-refractivity contribution >= 4 is 10.0 Å². The Morgan fingerprint density at radius 1 is 1.06 bits per heavy atom. The van der Waals surface area contributed by atoms with Gasteiger partial charge in [-0.25, -0.2) is 13.1 Å². The van der Waals surface area contributed by atoms with Crippen molar-refractivity contribution in [3.05, 3.63) is 66.1 Å². The molecule has 0 aliphatic heterocycles. The molecule has 8 nitrogen and oxygen atoms in total. The minimum Gasteiger partial charge on any atom is -0.497 e. The van der Waals surface area contributed by atoms with Gasteiger partial charge in [0.05, 0.1) is 12.9 Å². The number of sulfonamides is 1. The molecule has 0 aliphatic carbocycles. The number of benzene rings is 2. The molecule has 0 saturated carbocycles. The lowest BCUT2D eigenvalue weighted by Gasteiger charge is -2.19. The highest BCUT2D eigenvalue weighted by Crippen LogP contribution is 2.24. The number of aromatic nitrogens is 2. The molecule has 1 atom stereocenters. The van der Waals surface area contributed by atoms with Crippen LogP contribution in [0.1, 0.15) is 44.2 Å². The van der Waals surface area contributed by atoms with Gasteiger partial charge in [0.2, 0.25) is 21.7 Å². The molecule has 0 fully saturated rings. The quantitative estimate of drug-likeness (QED) is 0.367. The summed E-state index contributed by atoms with van der Waals surface area (Å²) in [5, 5.41) is 4.09. The smallest absolute Gasteiger partial charge is 0.245 e. The number of nitrogens with one attached hydrogen (secondary N) is 1. The third-order valence-corrected chi connectivity index (χ3v) is 7.23. The summed E-state index contributed by atoms with van der Waals surface area (Å²) in [7, 11) is -1.93. The predicted octanol–water partition coefficient (Wildman–Crippen LogP) is 4.07. The van der Waals surface area contributed by atoms with Crippen LogP contribution < -0.4 is 9.46 Å². The van der Waals surface area contributed by atoms with Crippen LogP contribution in [0.4, 0.5) is 0 Å². The second kappa shape index (κ2) is 12.6. The highest BCUT2D eigenvalue weighted by Gasteiger charge is 2.25. The van der Waals surface area contributed by atoms with E-state index in [-0.39, 0.29) is 11.6 Å². The fourth-order valence-corrected chi connectivity index (χ4v) is 5.00. The molecule has 0 bridgehead atoms. The van der Waals surface area contributed by atoms with E-state index in [0.717, 1.165) is 36.5 Å². The van der Waals surface area contributed by atoms with E-state index in [1.54, 1.807) is 7.11 Å². The van der Waals surface area contributed by atoms with Crippen molar-refractivity contribution in [2.75, 3.05) is 32.5 Å². The highest BCUT2D eigenvalue weighted by atomic mass is 32.2. The first kappa shape index (κ1) is 25.9. The van der Waals surface area contributed by atoms with Gasteiger partial charge in [0, 0.05) is 5.56 Å². The zero-order valence-corrected chi connectivity index (χ0v) is 20.9. The fraction of sp³-hybridized carbons (Fsp3) is 0.440. The maximum absolute atomic E-state index is 12.9. The van der Waals surface area contributed by atoms with Crippen molar-refractivity contribution in [3.8, 4) is 17.1 Å². The summed E-state index contributed by atoms with van der Waals surface area (Å²) in [6, 6.07) is 16.6. The summed E-state index contributed by atoms with van der Waals surface area (Å²) >= 11 is 0. The lowest BCUT2D eigenvalue weighted by atomic mass is 10.1. The zero-order valence-electron chi connectivity index (χ0n) is 20.1. The summed E-state index contributed by atoms with van der Waals surface area (Å²) in [4.78, 5) is 6.72. The molecule has 0 amide bonds. The Kier molecular flexibility index (Phi) is 9.62. The van der Waals surface area contributed by atoms with Crippen LogP contribution in [0.25, 0.3) is 11.4 Å². The summed E-state index contributed by atoms with van der Waals surface area (Å²) in [6.45, 7) is 6.70. The van der Waals surface area contributed by atoms with E-state index >= 15 is 0 Å². The summed E-state index contributed by atoms with van der Waals surface area (Å²) in [5.74, 6) is 1.44. The summed E-state index contributed by atoms with van der Waals surface area (Å²) in [5.41, 5.74) is 1.88. The molecule has 0 aliphatic rings. The first-order chi connectivity index (χ1) is 16.4. The molecule has 0 saturated heterocycles. The zero-order chi connectivity index (χ0) is 24.4. The van der Waals surface area contributed by atoms with Crippen LogP contribution in [0.3, 0.4) is 0 Å². The van der Waals surface area contributed by atoms with Crippen molar-refractivity contribution in [1.82, 2.24) is 19.8 Å². The molecule has 1 heterocycles. The fourth-order valence-electron chi connectivity index (χ4n) is 3.72. The standard InChI is InChI=1S/C25H34N4O4S/c1-4-29(5-2)18-9-19-34(30,31)28-23(17-12-20-10-7-6-8-11-20)25-26-24(27-33-25)21-13-15-22(32-3)16-14-21/h6-8,10-11,13-16,23,28H,4-5,9,12,17-19H2,1-3H3/t23-/m1/s1. The summed E-state index contributed by atoms with van der Waals surface area (Å²) < 4.78 is 39.3. The van der Waals surface area contributed by atoms with Gasteiger partial charge in [-0.3, -0.25) is 0 Å². The third-order valence-electron chi connectivity index (χ3n) is 5.76. The maximum atomic E-state index is 12.9. The molecule has 0 radical (unpaired) electrons. The molecular weight excluding hydrogens is 452 g/mol. The largest absolute Gasteiger partial charge is 0.497 e. The van der Waals surface area contributed by atoms with E-state index in [1.807, 2.05) is 54.6 Å². The second-order valence-corrected chi connectivity index (χ2v) is 9.95. The topological polar surface area (TPSA) is 97.6 Å². The van der Waals surface area contributed by atoms with Gasteiger partial charge >= 0.3 is 0 Å². The Hall–Kier alpha value is -2.75. The number of hydrogen-bond donors (Lipinski definition) is 1. The van der Waals surface area contributed by atoms with Gasteiger partial charge in [-0.05, 0) is 68.7 Å². The van der Waals surface area contributed by atoms with Gasteiger partial charge in [-0.1, -0.05) is 49.3 Å². The van der Waals surface area contributed by atoms with Crippen LogP contribution in [0.5, 0.6) is 5.75 Å². The van der Waals surface area contributed by atoms with Gasteiger partial charge in [-0.15, -0.1) is 0 Å². The van der Waals surface area contributed by atoms with Crippen LogP contribution in [0, 0.1) is 0 Å². The second-order valence-electron chi connectivity index (χ2n) is 8.08. The Morgan fingerprint density at radius 2 is 1.76 bits per heavy atom. The van der Waals surface area contributed by atoms with Crippen molar-refractivity contribution < 1.29 is 17.7 Å².